The zero-order chi connectivity index (χ0) is 9.72. The normalized spacial score (nSPS) is 14.9. The minimum absolute atomic E-state index is 0.0754. The van der Waals surface area contributed by atoms with Gasteiger partial charge in [-0.25, -0.2) is 0 Å². The Hall–Kier alpha value is -1.06. The number of hydrogen-bond acceptors (Lipinski definition) is 2. The molecule has 0 aliphatic carbocycles. The highest BCUT2D eigenvalue weighted by Crippen LogP contribution is 2.05. The molecule has 0 aromatic carbocycles. The molecule has 2 unspecified atom stereocenters. The molecular formula is C8H15NO3. The van der Waals surface area contributed by atoms with Crippen molar-refractivity contribution < 1.29 is 14.7 Å². The molecule has 0 saturated heterocycles. The Morgan fingerprint density at radius 2 is 1.92 bits per heavy atom. The molecule has 2 N–H and O–H groups in total. The molecule has 0 rings (SSSR count). The van der Waals surface area contributed by atoms with Crippen LogP contribution in [0.15, 0.2) is 0 Å². The molecule has 0 fully saturated rings. The van der Waals surface area contributed by atoms with Crippen molar-refractivity contribution in [3.63, 3.8) is 0 Å². The highest BCUT2D eigenvalue weighted by molar-refractivity contribution is 5.73. The number of carbonyl (C=O) groups is 2. The van der Waals surface area contributed by atoms with Gasteiger partial charge in [-0.15, -0.1) is 0 Å². The van der Waals surface area contributed by atoms with Crippen molar-refractivity contribution in [2.24, 2.45) is 5.92 Å². The van der Waals surface area contributed by atoms with Gasteiger partial charge in [0.15, 0.2) is 0 Å². The molecule has 0 bridgehead atoms. The van der Waals surface area contributed by atoms with Crippen LogP contribution in [0.4, 0.5) is 0 Å². The van der Waals surface area contributed by atoms with Crippen LogP contribution in [0.5, 0.6) is 0 Å². The van der Waals surface area contributed by atoms with Crippen LogP contribution in [0.3, 0.4) is 0 Å². The zero-order valence-electron chi connectivity index (χ0n) is 7.63. The van der Waals surface area contributed by atoms with Crippen LogP contribution in [-0.4, -0.2) is 23.0 Å². The monoisotopic (exact) mass is 173 g/mol. The van der Waals surface area contributed by atoms with E-state index in [1.54, 1.807) is 13.8 Å². The summed E-state index contributed by atoms with van der Waals surface area (Å²) in [4.78, 5) is 21.0. The maximum atomic E-state index is 10.5. The van der Waals surface area contributed by atoms with E-state index in [-0.39, 0.29) is 11.9 Å². The first-order valence-electron chi connectivity index (χ1n) is 3.93. The second kappa shape index (κ2) is 4.74. The molecular weight excluding hydrogens is 158 g/mol. The Bertz CT molecular complexity index is 179. The van der Waals surface area contributed by atoms with E-state index in [2.05, 4.69) is 5.32 Å². The first-order chi connectivity index (χ1) is 5.43. The molecule has 0 heterocycles. The van der Waals surface area contributed by atoms with Crippen LogP contribution in [0.25, 0.3) is 0 Å². The standard InChI is InChI=1S/C8H15NO3/c1-5(8(11)12)4-6(2)9-7(3)10/h5-6H,4H2,1-3H3,(H,9,10)(H,11,12). The smallest absolute Gasteiger partial charge is 0.306 e. The Labute approximate surface area is 72.0 Å². The summed E-state index contributed by atoms with van der Waals surface area (Å²) in [6, 6.07) is -0.0754. The molecule has 70 valence electrons. The van der Waals surface area contributed by atoms with Gasteiger partial charge in [0.1, 0.15) is 0 Å². The summed E-state index contributed by atoms with van der Waals surface area (Å²) in [6.45, 7) is 4.84. The van der Waals surface area contributed by atoms with Gasteiger partial charge in [0.05, 0.1) is 5.92 Å². The summed E-state index contributed by atoms with van der Waals surface area (Å²) >= 11 is 0. The Morgan fingerprint density at radius 3 is 2.25 bits per heavy atom. The van der Waals surface area contributed by atoms with E-state index in [9.17, 15) is 9.59 Å². The second-order valence-corrected chi connectivity index (χ2v) is 3.08. The number of carbonyl (C=O) groups excluding carboxylic acids is 1. The van der Waals surface area contributed by atoms with Gasteiger partial charge in [-0.3, -0.25) is 9.59 Å². The molecule has 0 aliphatic heterocycles. The summed E-state index contributed by atoms with van der Waals surface area (Å²) in [6.07, 6.45) is 0.467. The van der Waals surface area contributed by atoms with Gasteiger partial charge < -0.3 is 10.4 Å². The van der Waals surface area contributed by atoms with E-state index < -0.39 is 11.9 Å². The van der Waals surface area contributed by atoms with Crippen molar-refractivity contribution in [2.45, 2.75) is 33.2 Å². The fraction of sp³-hybridized carbons (Fsp3) is 0.750. The summed E-state index contributed by atoms with van der Waals surface area (Å²) in [5, 5.41) is 11.2. The van der Waals surface area contributed by atoms with Crippen molar-refractivity contribution in [1.82, 2.24) is 5.32 Å². The summed E-state index contributed by atoms with van der Waals surface area (Å²) in [7, 11) is 0. The number of aliphatic carboxylic acids is 1. The fourth-order valence-electron chi connectivity index (χ4n) is 1.04. The number of nitrogens with one attached hydrogen (secondary N) is 1. The van der Waals surface area contributed by atoms with E-state index in [0.29, 0.717) is 6.42 Å². The van der Waals surface area contributed by atoms with E-state index in [4.69, 9.17) is 5.11 Å². The third-order valence-corrected chi connectivity index (χ3v) is 1.58. The predicted octanol–water partition coefficient (Wildman–Crippen LogP) is 0.622. The van der Waals surface area contributed by atoms with Crippen molar-refractivity contribution in [3.8, 4) is 0 Å². The van der Waals surface area contributed by atoms with Gasteiger partial charge in [0.2, 0.25) is 5.91 Å². The van der Waals surface area contributed by atoms with Gasteiger partial charge in [-0.05, 0) is 13.3 Å². The van der Waals surface area contributed by atoms with Crippen molar-refractivity contribution in [3.05, 3.63) is 0 Å². The summed E-state index contributed by atoms with van der Waals surface area (Å²) in [5.74, 6) is -1.36. The fourth-order valence-corrected chi connectivity index (χ4v) is 1.04. The molecule has 0 saturated carbocycles. The van der Waals surface area contributed by atoms with Crippen molar-refractivity contribution >= 4 is 11.9 Å². The lowest BCUT2D eigenvalue weighted by Gasteiger charge is -2.14. The lowest BCUT2D eigenvalue weighted by atomic mass is 10.0. The Balaban J connectivity index is 3.76. The SMILES string of the molecule is CC(=O)NC(C)CC(C)C(=O)O. The van der Waals surface area contributed by atoms with E-state index in [0.717, 1.165) is 0 Å². The second-order valence-electron chi connectivity index (χ2n) is 3.08. The number of amides is 1. The van der Waals surface area contributed by atoms with Crippen LogP contribution < -0.4 is 5.32 Å². The van der Waals surface area contributed by atoms with Crippen molar-refractivity contribution in [2.75, 3.05) is 0 Å². The Kier molecular flexibility index (Phi) is 4.33. The highest BCUT2D eigenvalue weighted by Gasteiger charge is 2.14. The van der Waals surface area contributed by atoms with Gasteiger partial charge >= 0.3 is 5.97 Å². The lowest BCUT2D eigenvalue weighted by Crippen LogP contribution is -2.33. The lowest BCUT2D eigenvalue weighted by molar-refractivity contribution is -0.141. The molecule has 2 atom stereocenters. The molecule has 0 aliphatic rings. The molecule has 0 radical (unpaired) electrons. The Morgan fingerprint density at radius 1 is 1.42 bits per heavy atom. The topological polar surface area (TPSA) is 66.4 Å². The summed E-state index contributed by atoms with van der Waals surface area (Å²) in [5.41, 5.74) is 0. The van der Waals surface area contributed by atoms with Crippen LogP contribution in [0.2, 0.25) is 0 Å². The first kappa shape index (κ1) is 10.9. The third-order valence-electron chi connectivity index (χ3n) is 1.58. The highest BCUT2D eigenvalue weighted by atomic mass is 16.4. The number of rotatable bonds is 4. The van der Waals surface area contributed by atoms with Crippen LogP contribution >= 0.6 is 0 Å². The van der Waals surface area contributed by atoms with Gasteiger partial charge in [0, 0.05) is 13.0 Å². The maximum absolute atomic E-state index is 10.5. The van der Waals surface area contributed by atoms with Gasteiger partial charge in [0.25, 0.3) is 0 Å². The molecule has 1 amide bonds. The summed E-state index contributed by atoms with van der Waals surface area (Å²) < 4.78 is 0. The number of carboxylic acids is 1. The van der Waals surface area contributed by atoms with Gasteiger partial charge in [-0.1, -0.05) is 6.92 Å². The molecule has 0 aromatic heterocycles. The first-order valence-corrected chi connectivity index (χ1v) is 3.93. The number of hydrogen-bond donors (Lipinski definition) is 2. The van der Waals surface area contributed by atoms with Gasteiger partial charge in [-0.2, -0.15) is 0 Å². The molecule has 4 nitrogen and oxygen atoms in total. The zero-order valence-corrected chi connectivity index (χ0v) is 7.63. The van der Waals surface area contributed by atoms with Crippen LogP contribution in [0, 0.1) is 5.92 Å². The minimum Gasteiger partial charge on any atom is -0.481 e. The van der Waals surface area contributed by atoms with E-state index in [1.165, 1.54) is 6.92 Å². The molecule has 0 spiro atoms. The van der Waals surface area contributed by atoms with Crippen molar-refractivity contribution in [1.29, 1.82) is 0 Å². The molecule has 4 heteroatoms. The van der Waals surface area contributed by atoms with E-state index >= 15 is 0 Å². The number of carboxylic acid groups (broad SMARTS) is 1. The van der Waals surface area contributed by atoms with E-state index in [1.807, 2.05) is 0 Å². The third kappa shape index (κ3) is 4.71. The molecule has 0 aromatic rings. The van der Waals surface area contributed by atoms with Crippen LogP contribution in [0.1, 0.15) is 27.2 Å². The minimum atomic E-state index is -0.827. The maximum Gasteiger partial charge on any atom is 0.306 e. The average molecular weight is 173 g/mol. The quantitative estimate of drug-likeness (QED) is 0.655. The largest absolute Gasteiger partial charge is 0.481 e. The predicted molar refractivity (Wildman–Crippen MR) is 44.7 cm³/mol. The van der Waals surface area contributed by atoms with Crippen LogP contribution in [-0.2, 0) is 9.59 Å². The molecule has 12 heavy (non-hydrogen) atoms. The average Bonchev–Trinajstić information content (AvgIpc) is 1.84.